The molecule has 0 amide bonds. The predicted molar refractivity (Wildman–Crippen MR) is 69.1 cm³/mol. The molecule has 1 saturated heterocycles. The fourth-order valence-corrected chi connectivity index (χ4v) is 3.25. The highest BCUT2D eigenvalue weighted by atomic mass is 16.5. The van der Waals surface area contributed by atoms with Crippen molar-refractivity contribution in [3.63, 3.8) is 0 Å². The average Bonchev–Trinajstić information content (AvgIpc) is 2.55. The number of aliphatic hydroxyl groups excluding tert-OH is 1. The quantitative estimate of drug-likeness (QED) is 0.768. The first-order valence-electron chi connectivity index (χ1n) is 7.23. The Bertz CT molecular complexity index is 216. The summed E-state index contributed by atoms with van der Waals surface area (Å²) in [4.78, 5) is 2.41. The molecular formula is C14H27NO2. The first kappa shape index (κ1) is 13.3. The first-order valence-corrected chi connectivity index (χ1v) is 7.23. The van der Waals surface area contributed by atoms with E-state index in [1.54, 1.807) is 0 Å². The van der Waals surface area contributed by atoms with Crippen LogP contribution < -0.4 is 0 Å². The van der Waals surface area contributed by atoms with Crippen molar-refractivity contribution in [3.8, 4) is 0 Å². The summed E-state index contributed by atoms with van der Waals surface area (Å²) in [5, 5.41) is 10.2. The molecule has 0 aromatic heterocycles. The second kappa shape index (κ2) is 6.72. The van der Waals surface area contributed by atoms with Gasteiger partial charge in [-0.3, -0.25) is 0 Å². The van der Waals surface area contributed by atoms with Crippen molar-refractivity contribution in [3.05, 3.63) is 0 Å². The standard InChI is InChI=1S/C14H27NO2/c1-15(11-12-7-9-17-10-8-12)13-5-3-2-4-6-14(13)16/h12-14,16H,2-11H2,1H3. The molecule has 2 atom stereocenters. The van der Waals surface area contributed by atoms with E-state index in [2.05, 4.69) is 11.9 Å². The van der Waals surface area contributed by atoms with Gasteiger partial charge in [-0.25, -0.2) is 0 Å². The molecule has 2 rings (SSSR count). The number of aliphatic hydroxyl groups is 1. The Morgan fingerprint density at radius 1 is 1.06 bits per heavy atom. The minimum absolute atomic E-state index is 0.109. The zero-order valence-electron chi connectivity index (χ0n) is 11.1. The van der Waals surface area contributed by atoms with Crippen LogP contribution in [0.15, 0.2) is 0 Å². The summed E-state index contributed by atoms with van der Waals surface area (Å²) >= 11 is 0. The van der Waals surface area contributed by atoms with Gasteiger partial charge in [-0.2, -0.15) is 0 Å². The summed E-state index contributed by atoms with van der Waals surface area (Å²) < 4.78 is 5.40. The van der Waals surface area contributed by atoms with Crippen LogP contribution in [0.3, 0.4) is 0 Å². The Balaban J connectivity index is 1.81. The van der Waals surface area contributed by atoms with Gasteiger partial charge in [0.25, 0.3) is 0 Å². The molecular weight excluding hydrogens is 214 g/mol. The van der Waals surface area contributed by atoms with Crippen LogP contribution in [-0.2, 0) is 4.74 Å². The number of likely N-dealkylation sites (N-methyl/N-ethyl adjacent to an activating group) is 1. The van der Waals surface area contributed by atoms with Crippen molar-refractivity contribution >= 4 is 0 Å². The molecule has 1 aliphatic heterocycles. The molecule has 1 heterocycles. The Morgan fingerprint density at radius 2 is 1.76 bits per heavy atom. The zero-order valence-corrected chi connectivity index (χ0v) is 11.1. The summed E-state index contributed by atoms with van der Waals surface area (Å²) in [6.07, 6.45) is 8.19. The molecule has 2 fully saturated rings. The van der Waals surface area contributed by atoms with Gasteiger partial charge in [-0.1, -0.05) is 19.3 Å². The number of hydrogen-bond acceptors (Lipinski definition) is 3. The lowest BCUT2D eigenvalue weighted by molar-refractivity contribution is 0.0225. The molecule has 0 spiro atoms. The summed E-state index contributed by atoms with van der Waals surface area (Å²) in [6, 6.07) is 0.389. The normalized spacial score (nSPS) is 32.6. The highest BCUT2D eigenvalue weighted by Gasteiger charge is 2.27. The number of hydrogen-bond donors (Lipinski definition) is 1. The van der Waals surface area contributed by atoms with E-state index in [1.807, 2.05) is 0 Å². The van der Waals surface area contributed by atoms with E-state index in [1.165, 1.54) is 38.5 Å². The summed E-state index contributed by atoms with van der Waals surface area (Å²) in [6.45, 7) is 2.97. The summed E-state index contributed by atoms with van der Waals surface area (Å²) in [7, 11) is 2.19. The van der Waals surface area contributed by atoms with Crippen LogP contribution in [0.1, 0.15) is 44.9 Å². The lowest BCUT2D eigenvalue weighted by atomic mass is 9.97. The van der Waals surface area contributed by atoms with Crippen LogP contribution in [0.5, 0.6) is 0 Å². The van der Waals surface area contributed by atoms with Gasteiger partial charge in [0.15, 0.2) is 0 Å². The van der Waals surface area contributed by atoms with Crippen molar-refractivity contribution < 1.29 is 9.84 Å². The molecule has 2 aliphatic rings. The van der Waals surface area contributed by atoms with Gasteiger partial charge in [0.1, 0.15) is 0 Å². The zero-order chi connectivity index (χ0) is 12.1. The number of rotatable bonds is 3. The van der Waals surface area contributed by atoms with Gasteiger partial charge in [0.05, 0.1) is 6.10 Å². The minimum Gasteiger partial charge on any atom is -0.391 e. The van der Waals surface area contributed by atoms with Gasteiger partial charge in [-0.05, 0) is 38.6 Å². The number of ether oxygens (including phenoxy) is 1. The van der Waals surface area contributed by atoms with E-state index in [4.69, 9.17) is 4.74 Å². The molecule has 0 bridgehead atoms. The molecule has 17 heavy (non-hydrogen) atoms. The minimum atomic E-state index is -0.109. The Labute approximate surface area is 105 Å². The Kier molecular flexibility index (Phi) is 5.26. The largest absolute Gasteiger partial charge is 0.391 e. The molecule has 3 heteroatoms. The summed E-state index contributed by atoms with van der Waals surface area (Å²) in [5.41, 5.74) is 0. The maximum atomic E-state index is 10.2. The van der Waals surface area contributed by atoms with E-state index in [9.17, 15) is 5.11 Å². The second-order valence-electron chi connectivity index (χ2n) is 5.77. The highest BCUT2D eigenvalue weighted by molar-refractivity contribution is 4.81. The molecule has 0 aromatic carbocycles. The van der Waals surface area contributed by atoms with E-state index in [-0.39, 0.29) is 6.10 Å². The second-order valence-corrected chi connectivity index (χ2v) is 5.77. The Morgan fingerprint density at radius 3 is 2.53 bits per heavy atom. The van der Waals surface area contributed by atoms with Crippen molar-refractivity contribution in [2.45, 2.75) is 57.1 Å². The van der Waals surface area contributed by atoms with Crippen molar-refractivity contribution in [1.29, 1.82) is 0 Å². The molecule has 100 valence electrons. The lowest BCUT2D eigenvalue weighted by Crippen LogP contribution is -2.43. The molecule has 1 saturated carbocycles. The third kappa shape index (κ3) is 3.94. The van der Waals surface area contributed by atoms with Crippen molar-refractivity contribution in [2.24, 2.45) is 5.92 Å². The molecule has 0 radical (unpaired) electrons. The lowest BCUT2D eigenvalue weighted by Gasteiger charge is -2.34. The van der Waals surface area contributed by atoms with Crippen LogP contribution in [0.4, 0.5) is 0 Å². The predicted octanol–water partition coefficient (Wildman–Crippen LogP) is 2.04. The fourth-order valence-electron chi connectivity index (χ4n) is 3.25. The highest BCUT2D eigenvalue weighted by Crippen LogP contribution is 2.24. The molecule has 2 unspecified atom stereocenters. The van der Waals surface area contributed by atoms with Gasteiger partial charge in [0.2, 0.25) is 0 Å². The smallest absolute Gasteiger partial charge is 0.0695 e. The fraction of sp³-hybridized carbons (Fsp3) is 1.00. The van der Waals surface area contributed by atoms with Crippen LogP contribution in [0, 0.1) is 5.92 Å². The van der Waals surface area contributed by atoms with Crippen LogP contribution >= 0.6 is 0 Å². The SMILES string of the molecule is CN(CC1CCOCC1)C1CCCCCC1O. The molecule has 1 aliphatic carbocycles. The maximum absolute atomic E-state index is 10.2. The Hall–Kier alpha value is -0.120. The van der Waals surface area contributed by atoms with Gasteiger partial charge in [-0.15, -0.1) is 0 Å². The maximum Gasteiger partial charge on any atom is 0.0695 e. The van der Waals surface area contributed by atoms with E-state index >= 15 is 0 Å². The molecule has 0 aromatic rings. The monoisotopic (exact) mass is 241 g/mol. The number of nitrogens with zero attached hydrogens (tertiary/aromatic N) is 1. The van der Waals surface area contributed by atoms with Crippen LogP contribution in [0.25, 0.3) is 0 Å². The van der Waals surface area contributed by atoms with Crippen LogP contribution in [-0.4, -0.2) is 49.0 Å². The van der Waals surface area contributed by atoms with Crippen LogP contribution in [0.2, 0.25) is 0 Å². The van der Waals surface area contributed by atoms with Crippen molar-refractivity contribution in [2.75, 3.05) is 26.8 Å². The van der Waals surface area contributed by atoms with E-state index in [0.29, 0.717) is 6.04 Å². The van der Waals surface area contributed by atoms with E-state index < -0.39 is 0 Å². The third-order valence-corrected chi connectivity index (χ3v) is 4.40. The topological polar surface area (TPSA) is 32.7 Å². The first-order chi connectivity index (χ1) is 8.27. The third-order valence-electron chi connectivity index (χ3n) is 4.40. The van der Waals surface area contributed by atoms with Gasteiger partial charge < -0.3 is 14.7 Å². The van der Waals surface area contributed by atoms with Crippen molar-refractivity contribution in [1.82, 2.24) is 4.90 Å². The van der Waals surface area contributed by atoms with Gasteiger partial charge >= 0.3 is 0 Å². The molecule has 3 nitrogen and oxygen atoms in total. The van der Waals surface area contributed by atoms with E-state index in [0.717, 1.165) is 32.1 Å². The summed E-state index contributed by atoms with van der Waals surface area (Å²) in [5.74, 6) is 0.768. The average molecular weight is 241 g/mol. The van der Waals surface area contributed by atoms with Gasteiger partial charge in [0, 0.05) is 25.8 Å². The molecule has 1 N–H and O–H groups in total.